The second-order valence-corrected chi connectivity index (χ2v) is 6.28. The number of amides is 1. The summed E-state index contributed by atoms with van der Waals surface area (Å²) in [5, 5.41) is 10.3. The van der Waals surface area contributed by atoms with E-state index >= 15 is 0 Å². The third kappa shape index (κ3) is 2.70. The van der Waals surface area contributed by atoms with Crippen LogP contribution < -0.4 is 5.32 Å². The third-order valence-electron chi connectivity index (χ3n) is 4.67. The van der Waals surface area contributed by atoms with Gasteiger partial charge >= 0.3 is 0 Å². The molecule has 0 saturated carbocycles. The zero-order valence-corrected chi connectivity index (χ0v) is 13.0. The molecule has 2 atom stereocenters. The van der Waals surface area contributed by atoms with Gasteiger partial charge in [0.15, 0.2) is 5.69 Å². The molecule has 0 unspecified atom stereocenters. The van der Waals surface area contributed by atoms with E-state index in [0.29, 0.717) is 11.7 Å². The molecule has 116 valence electrons. The minimum atomic E-state index is -0.0768. The van der Waals surface area contributed by atoms with Crippen LogP contribution in [0.15, 0.2) is 0 Å². The predicted octanol–water partition coefficient (Wildman–Crippen LogP) is 0.736. The quantitative estimate of drug-likeness (QED) is 0.858. The molecule has 3 rings (SSSR count). The van der Waals surface area contributed by atoms with Crippen molar-refractivity contribution in [2.24, 2.45) is 0 Å². The van der Waals surface area contributed by atoms with E-state index in [1.807, 2.05) is 0 Å². The number of fused-ring (bicyclic) bond motifs is 1. The van der Waals surface area contributed by atoms with Gasteiger partial charge in [-0.15, -0.1) is 0 Å². The van der Waals surface area contributed by atoms with Crippen molar-refractivity contribution >= 4 is 5.91 Å². The Bertz CT molecular complexity index is 526. The first-order chi connectivity index (χ1) is 10.1. The van der Waals surface area contributed by atoms with Gasteiger partial charge in [-0.2, -0.15) is 5.10 Å². The number of carbonyl (C=O) groups excluding carboxylic acids is 1. The van der Waals surface area contributed by atoms with Crippen molar-refractivity contribution in [2.75, 3.05) is 20.2 Å². The van der Waals surface area contributed by atoms with E-state index in [2.05, 4.69) is 34.3 Å². The Morgan fingerprint density at radius 3 is 2.95 bits per heavy atom. The Labute approximate surface area is 125 Å². The topological polar surface area (TPSA) is 70.2 Å². The molecule has 0 aromatic carbocycles. The molecule has 1 saturated heterocycles. The zero-order valence-electron chi connectivity index (χ0n) is 13.0. The number of nitrogens with one attached hydrogen (secondary N) is 2. The highest BCUT2D eigenvalue weighted by molar-refractivity contribution is 5.94. The summed E-state index contributed by atoms with van der Waals surface area (Å²) in [6, 6.07) is 0.484. The number of aryl methyl sites for hydroxylation is 1. The van der Waals surface area contributed by atoms with Gasteiger partial charge in [-0.3, -0.25) is 14.8 Å². The van der Waals surface area contributed by atoms with Gasteiger partial charge in [0.05, 0.1) is 12.1 Å². The van der Waals surface area contributed by atoms with Crippen LogP contribution in [0.2, 0.25) is 0 Å². The van der Waals surface area contributed by atoms with Gasteiger partial charge in [0, 0.05) is 37.5 Å². The number of nitrogens with zero attached hydrogens (tertiary/aromatic N) is 2. The Morgan fingerprint density at radius 1 is 1.43 bits per heavy atom. The number of H-pyrrole nitrogens is 1. The van der Waals surface area contributed by atoms with Crippen LogP contribution in [-0.4, -0.2) is 59.4 Å². The molecule has 6 heteroatoms. The molecular weight excluding hydrogens is 268 g/mol. The first-order valence-electron chi connectivity index (χ1n) is 7.74. The van der Waals surface area contributed by atoms with E-state index in [0.717, 1.165) is 43.6 Å². The molecule has 0 radical (unpaired) electrons. The number of hydrogen-bond acceptors (Lipinski definition) is 4. The molecule has 1 aliphatic carbocycles. The number of hydrogen-bond donors (Lipinski definition) is 2. The first kappa shape index (κ1) is 14.5. The third-order valence-corrected chi connectivity index (χ3v) is 4.67. The Balaban J connectivity index is 1.69. The fourth-order valence-electron chi connectivity index (χ4n) is 3.35. The predicted molar refractivity (Wildman–Crippen MR) is 79.4 cm³/mol. The van der Waals surface area contributed by atoms with Crippen LogP contribution in [0, 0.1) is 0 Å². The van der Waals surface area contributed by atoms with Gasteiger partial charge in [-0.05, 0) is 33.1 Å². The van der Waals surface area contributed by atoms with Gasteiger partial charge in [-0.1, -0.05) is 0 Å². The Kier molecular flexibility index (Phi) is 3.99. The van der Waals surface area contributed by atoms with Crippen LogP contribution >= 0.6 is 0 Å². The van der Waals surface area contributed by atoms with Crippen molar-refractivity contribution in [1.82, 2.24) is 20.4 Å². The highest BCUT2D eigenvalue weighted by atomic mass is 16.5. The second-order valence-electron chi connectivity index (χ2n) is 6.28. The average molecular weight is 292 g/mol. The molecule has 1 aromatic heterocycles. The molecule has 1 aromatic rings. The molecule has 1 amide bonds. The second kappa shape index (κ2) is 5.77. The largest absolute Gasteiger partial charge is 0.378 e. The van der Waals surface area contributed by atoms with Gasteiger partial charge in [-0.25, -0.2) is 0 Å². The lowest BCUT2D eigenvalue weighted by molar-refractivity contribution is 0.0749. The van der Waals surface area contributed by atoms with Crippen LogP contribution in [0.3, 0.4) is 0 Å². The van der Waals surface area contributed by atoms with Gasteiger partial charge in [0.25, 0.3) is 5.91 Å². The molecule has 2 N–H and O–H groups in total. The summed E-state index contributed by atoms with van der Waals surface area (Å²) in [5.74, 6) is -0.0768. The van der Waals surface area contributed by atoms with Crippen molar-refractivity contribution in [1.29, 1.82) is 0 Å². The standard InChI is InChI=1S/C15H24N4O2/c1-9(2)19-7-12(13(8-19)21-3)16-15(20)14-10-5-4-6-11(10)17-18-14/h9,12-13H,4-8H2,1-3H3,(H,16,20)(H,17,18)/t12-,13-/m1/s1. The van der Waals surface area contributed by atoms with E-state index in [1.165, 1.54) is 0 Å². The number of rotatable bonds is 4. The fourth-order valence-corrected chi connectivity index (χ4v) is 3.35. The molecule has 1 aliphatic heterocycles. The smallest absolute Gasteiger partial charge is 0.272 e. The van der Waals surface area contributed by atoms with Gasteiger partial charge in [0.2, 0.25) is 0 Å². The SMILES string of the molecule is CO[C@@H]1CN(C(C)C)C[C@H]1NC(=O)c1n[nH]c2c1CCC2. The maximum atomic E-state index is 12.5. The van der Waals surface area contributed by atoms with Crippen LogP contribution in [0.1, 0.15) is 42.0 Å². The molecule has 2 aliphatic rings. The van der Waals surface area contributed by atoms with E-state index in [4.69, 9.17) is 4.74 Å². The van der Waals surface area contributed by atoms with E-state index in [-0.39, 0.29) is 18.1 Å². The summed E-state index contributed by atoms with van der Waals surface area (Å²) in [6.07, 6.45) is 3.10. The summed E-state index contributed by atoms with van der Waals surface area (Å²) < 4.78 is 5.53. The number of ether oxygens (including phenoxy) is 1. The molecule has 0 spiro atoms. The van der Waals surface area contributed by atoms with Crippen LogP contribution in [0.5, 0.6) is 0 Å². The number of likely N-dealkylation sites (tertiary alicyclic amines) is 1. The average Bonchev–Trinajstić information content (AvgIpc) is 3.12. The number of aromatic amines is 1. The number of carbonyl (C=O) groups is 1. The first-order valence-corrected chi connectivity index (χ1v) is 7.74. The summed E-state index contributed by atoms with van der Waals surface area (Å²) in [6.45, 7) is 6.02. The molecule has 2 heterocycles. The summed E-state index contributed by atoms with van der Waals surface area (Å²) in [5.41, 5.74) is 2.79. The maximum absolute atomic E-state index is 12.5. The molecule has 0 bridgehead atoms. The molecule has 21 heavy (non-hydrogen) atoms. The lowest BCUT2D eigenvalue weighted by Gasteiger charge is -2.19. The van der Waals surface area contributed by atoms with Crippen LogP contribution in [0.25, 0.3) is 0 Å². The normalized spacial score (nSPS) is 25.5. The lowest BCUT2D eigenvalue weighted by Crippen LogP contribution is -2.44. The summed E-state index contributed by atoms with van der Waals surface area (Å²) >= 11 is 0. The van der Waals surface area contributed by atoms with E-state index in [9.17, 15) is 4.79 Å². The fraction of sp³-hybridized carbons (Fsp3) is 0.733. The number of methoxy groups -OCH3 is 1. The van der Waals surface area contributed by atoms with Gasteiger partial charge < -0.3 is 10.1 Å². The monoisotopic (exact) mass is 292 g/mol. The highest BCUT2D eigenvalue weighted by Gasteiger charge is 2.36. The zero-order chi connectivity index (χ0) is 15.0. The van der Waals surface area contributed by atoms with Crippen molar-refractivity contribution in [3.63, 3.8) is 0 Å². The minimum Gasteiger partial charge on any atom is -0.378 e. The van der Waals surface area contributed by atoms with Crippen LogP contribution in [0.4, 0.5) is 0 Å². The van der Waals surface area contributed by atoms with E-state index in [1.54, 1.807) is 7.11 Å². The van der Waals surface area contributed by atoms with Crippen molar-refractivity contribution in [3.05, 3.63) is 17.0 Å². The Morgan fingerprint density at radius 2 is 2.24 bits per heavy atom. The Hall–Kier alpha value is -1.40. The van der Waals surface area contributed by atoms with Crippen molar-refractivity contribution < 1.29 is 9.53 Å². The molecule has 1 fully saturated rings. The summed E-state index contributed by atoms with van der Waals surface area (Å²) in [4.78, 5) is 14.8. The van der Waals surface area contributed by atoms with Crippen molar-refractivity contribution in [3.8, 4) is 0 Å². The number of aromatic nitrogens is 2. The van der Waals surface area contributed by atoms with Crippen molar-refractivity contribution in [2.45, 2.75) is 51.3 Å². The minimum absolute atomic E-state index is 0.0265. The molecule has 6 nitrogen and oxygen atoms in total. The highest BCUT2D eigenvalue weighted by Crippen LogP contribution is 2.23. The molecular formula is C15H24N4O2. The maximum Gasteiger partial charge on any atom is 0.272 e. The van der Waals surface area contributed by atoms with E-state index < -0.39 is 0 Å². The van der Waals surface area contributed by atoms with Crippen LogP contribution in [-0.2, 0) is 17.6 Å². The summed E-state index contributed by atoms with van der Waals surface area (Å²) in [7, 11) is 1.71. The lowest BCUT2D eigenvalue weighted by atomic mass is 10.1. The van der Waals surface area contributed by atoms with Gasteiger partial charge in [0.1, 0.15) is 0 Å².